The molecule has 438 valence electrons. The molecule has 2 aliphatic rings. The first kappa shape index (κ1) is 53.3. The van der Waals surface area contributed by atoms with Crippen LogP contribution in [0.3, 0.4) is 0 Å². The van der Waals surface area contributed by atoms with Crippen LogP contribution in [0.4, 0.5) is 17.1 Å². The first-order valence-corrected chi connectivity index (χ1v) is 32.2. The highest BCUT2D eigenvalue weighted by molar-refractivity contribution is 6.17. The van der Waals surface area contributed by atoms with Gasteiger partial charge in [0.25, 0.3) is 0 Å². The summed E-state index contributed by atoms with van der Waals surface area (Å²) in [5, 5.41) is 4.60. The maximum atomic E-state index is 5.30. The van der Waals surface area contributed by atoms with E-state index in [1.807, 2.05) is 36.4 Å². The van der Waals surface area contributed by atoms with Crippen molar-refractivity contribution in [2.75, 3.05) is 4.90 Å². The van der Waals surface area contributed by atoms with Crippen molar-refractivity contribution in [3.63, 3.8) is 0 Å². The molecule has 0 unspecified atom stereocenters. The molecule has 6 nitrogen and oxygen atoms in total. The Labute approximate surface area is 543 Å². The molecule has 3 heterocycles. The third kappa shape index (κ3) is 8.13. The fraction of sp³-hybridized carbons (Fsp3) is 0.0114. The van der Waals surface area contributed by atoms with Gasteiger partial charge >= 0.3 is 0 Å². The maximum absolute atomic E-state index is 5.30. The van der Waals surface area contributed by atoms with Gasteiger partial charge in [-0.3, -0.25) is 4.57 Å². The summed E-state index contributed by atoms with van der Waals surface area (Å²) in [6.45, 7) is 0. The quantitative estimate of drug-likeness (QED) is 0.137. The molecule has 0 N–H and O–H groups in total. The topological polar surface area (TPSA) is 51.8 Å². The molecule has 2 aliphatic carbocycles. The lowest BCUT2D eigenvalue weighted by Gasteiger charge is -2.30. The second kappa shape index (κ2) is 21.3. The Hall–Kier alpha value is -12.5. The van der Waals surface area contributed by atoms with Crippen molar-refractivity contribution in [3.8, 4) is 90.0 Å². The second-order valence-electron chi connectivity index (χ2n) is 24.6. The zero-order valence-corrected chi connectivity index (χ0v) is 51.0. The number of anilines is 3. The van der Waals surface area contributed by atoms with E-state index in [4.69, 9.17) is 15.0 Å². The molecule has 6 heteroatoms. The molecule has 0 radical (unpaired) electrons. The Kier molecular flexibility index (Phi) is 12.1. The molecule has 0 saturated heterocycles. The van der Waals surface area contributed by atoms with Crippen LogP contribution in [0.5, 0.6) is 0 Å². The average Bonchev–Trinajstić information content (AvgIpc) is 1.51. The van der Waals surface area contributed by atoms with E-state index in [-0.39, 0.29) is 0 Å². The largest absolute Gasteiger partial charge is 0.310 e. The van der Waals surface area contributed by atoms with E-state index >= 15 is 0 Å². The highest BCUT2D eigenvalue weighted by atomic mass is 15.2. The van der Waals surface area contributed by atoms with Crippen LogP contribution in [0, 0.1) is 0 Å². The summed E-state index contributed by atoms with van der Waals surface area (Å²) >= 11 is 0. The van der Waals surface area contributed by atoms with Crippen molar-refractivity contribution in [2.45, 2.75) is 5.41 Å². The standard InChI is InChI=1S/C88H56N6/c1-4-23-59(24-5-1)85-89-86(60-25-6-2-7-26-60)91-87(90-85)94-79-42-19-14-35-72(79)84-81(43-22-44-82(84)94)92(66-52-47-58(48-53-66)62-49-54-80-73(56-62)70-33-13-18-41-78(70)93(80)64-29-8-3-9-30-64)65-50-45-57(46-51-65)61-27-20-28-63(55-61)67-36-21-40-77-83(67)71-34-12-17-39-76(71)88(77)74-37-15-10-31-68(74)69-32-11-16-38-75(69)88/h1-56H. The second-order valence-corrected chi connectivity index (χ2v) is 24.6. The summed E-state index contributed by atoms with van der Waals surface area (Å²) in [4.78, 5) is 18.1. The number of rotatable bonds is 10. The van der Waals surface area contributed by atoms with Crippen LogP contribution in [0.1, 0.15) is 22.3 Å². The molecule has 0 fully saturated rings. The lowest BCUT2D eigenvalue weighted by Crippen LogP contribution is -2.25. The van der Waals surface area contributed by atoms with E-state index < -0.39 is 5.41 Å². The molecule has 19 rings (SSSR count). The van der Waals surface area contributed by atoms with Crippen molar-refractivity contribution >= 4 is 60.7 Å². The first-order valence-electron chi connectivity index (χ1n) is 32.2. The maximum Gasteiger partial charge on any atom is 0.238 e. The van der Waals surface area contributed by atoms with Crippen molar-refractivity contribution in [3.05, 3.63) is 362 Å². The Balaban J connectivity index is 0.756. The molecule has 0 saturated carbocycles. The number of para-hydroxylation sites is 3. The Morgan fingerprint density at radius 1 is 0.266 bits per heavy atom. The Bertz CT molecular complexity index is 5750. The fourth-order valence-corrected chi connectivity index (χ4v) is 15.6. The summed E-state index contributed by atoms with van der Waals surface area (Å²) in [6.07, 6.45) is 0. The van der Waals surface area contributed by atoms with Gasteiger partial charge in [0.2, 0.25) is 5.95 Å². The monoisotopic (exact) mass is 1200 g/mol. The van der Waals surface area contributed by atoms with Gasteiger partial charge in [0, 0.05) is 49.7 Å². The molecule has 0 amide bonds. The van der Waals surface area contributed by atoms with Crippen molar-refractivity contribution in [1.82, 2.24) is 24.1 Å². The van der Waals surface area contributed by atoms with Crippen LogP contribution in [-0.4, -0.2) is 24.1 Å². The highest BCUT2D eigenvalue weighted by Crippen LogP contribution is 2.64. The fourth-order valence-electron chi connectivity index (χ4n) is 15.6. The molecule has 94 heavy (non-hydrogen) atoms. The molecule has 0 atom stereocenters. The van der Waals surface area contributed by atoms with Gasteiger partial charge in [-0.1, -0.05) is 261 Å². The van der Waals surface area contributed by atoms with Gasteiger partial charge in [-0.2, -0.15) is 9.97 Å². The third-order valence-corrected chi connectivity index (χ3v) is 19.6. The summed E-state index contributed by atoms with van der Waals surface area (Å²) < 4.78 is 4.58. The average molecular weight is 1200 g/mol. The Morgan fingerprint density at radius 3 is 1.36 bits per heavy atom. The summed E-state index contributed by atoms with van der Waals surface area (Å²) in [7, 11) is 0. The SMILES string of the molecule is c1ccc(-c2nc(-c3ccccc3)nc(-n3c4ccccc4c4c(N(c5ccc(-c6cccc(-c7cccc8c7-c7ccccc7C87c8ccccc8-c8ccccc87)c6)cc5)c5ccc(-c6ccc7c(c6)c6ccccc6n7-c6ccccc6)cc5)cccc43)n2)cc1. The molecule has 3 aromatic heterocycles. The highest BCUT2D eigenvalue weighted by Gasteiger charge is 2.52. The van der Waals surface area contributed by atoms with Gasteiger partial charge in [-0.25, -0.2) is 4.98 Å². The van der Waals surface area contributed by atoms with Crippen LogP contribution in [0.15, 0.2) is 340 Å². The van der Waals surface area contributed by atoms with Gasteiger partial charge < -0.3 is 9.47 Å². The molecule has 0 aliphatic heterocycles. The minimum absolute atomic E-state index is 0.418. The predicted octanol–water partition coefficient (Wildman–Crippen LogP) is 22.2. The van der Waals surface area contributed by atoms with E-state index in [9.17, 15) is 0 Å². The lowest BCUT2D eigenvalue weighted by atomic mass is 9.70. The van der Waals surface area contributed by atoms with E-state index in [2.05, 4.69) is 317 Å². The third-order valence-electron chi connectivity index (χ3n) is 19.6. The van der Waals surface area contributed by atoms with Gasteiger partial charge in [0.1, 0.15) is 0 Å². The predicted molar refractivity (Wildman–Crippen MR) is 387 cm³/mol. The van der Waals surface area contributed by atoms with Gasteiger partial charge in [-0.05, 0) is 157 Å². The number of hydrogen-bond donors (Lipinski definition) is 0. The van der Waals surface area contributed by atoms with Crippen LogP contribution in [0.2, 0.25) is 0 Å². The first-order chi connectivity index (χ1) is 46.6. The van der Waals surface area contributed by atoms with Crippen LogP contribution in [-0.2, 0) is 5.41 Å². The number of nitrogens with zero attached hydrogens (tertiary/aromatic N) is 6. The lowest BCUT2D eigenvalue weighted by molar-refractivity contribution is 0.794. The van der Waals surface area contributed by atoms with Crippen LogP contribution in [0.25, 0.3) is 134 Å². The number of hydrogen-bond acceptors (Lipinski definition) is 4. The summed E-state index contributed by atoms with van der Waals surface area (Å²) in [5.74, 6) is 1.75. The summed E-state index contributed by atoms with van der Waals surface area (Å²) in [5.41, 5.74) is 27.5. The van der Waals surface area contributed by atoms with E-state index in [0.29, 0.717) is 17.6 Å². The molecular weight excluding hydrogens is 1140 g/mol. The number of aromatic nitrogens is 5. The van der Waals surface area contributed by atoms with E-state index in [1.165, 1.54) is 77.4 Å². The zero-order chi connectivity index (χ0) is 61.8. The van der Waals surface area contributed by atoms with Gasteiger partial charge in [0.15, 0.2) is 11.6 Å². The van der Waals surface area contributed by atoms with Gasteiger partial charge in [0.05, 0.1) is 33.2 Å². The van der Waals surface area contributed by atoms with Crippen LogP contribution >= 0.6 is 0 Å². The van der Waals surface area contributed by atoms with Crippen molar-refractivity contribution in [2.24, 2.45) is 0 Å². The Morgan fingerprint density at radius 2 is 0.713 bits per heavy atom. The molecular formula is C88H56N6. The minimum Gasteiger partial charge on any atom is -0.310 e. The molecule has 0 bridgehead atoms. The van der Waals surface area contributed by atoms with Gasteiger partial charge in [-0.15, -0.1) is 0 Å². The van der Waals surface area contributed by atoms with Crippen molar-refractivity contribution in [1.29, 1.82) is 0 Å². The zero-order valence-electron chi connectivity index (χ0n) is 51.0. The molecule has 1 spiro atoms. The van der Waals surface area contributed by atoms with Crippen molar-refractivity contribution < 1.29 is 0 Å². The normalized spacial score (nSPS) is 12.6. The minimum atomic E-state index is -0.418. The number of benzene rings is 14. The number of fused-ring (bicyclic) bond motifs is 16. The van der Waals surface area contributed by atoms with E-state index in [0.717, 1.165) is 77.9 Å². The summed E-state index contributed by atoms with van der Waals surface area (Å²) in [6, 6.07) is 123. The smallest absolute Gasteiger partial charge is 0.238 e. The van der Waals surface area contributed by atoms with E-state index in [1.54, 1.807) is 0 Å². The molecule has 17 aromatic rings. The van der Waals surface area contributed by atoms with Crippen LogP contribution < -0.4 is 4.90 Å². The molecule has 14 aromatic carbocycles.